The third-order valence-corrected chi connectivity index (χ3v) is 2.72. The van der Waals surface area contributed by atoms with E-state index in [1.807, 2.05) is 6.07 Å². The SMILES string of the molecule is N#Cc1cncc(C(=O)Nc2ccc3ncoc3c2)c1. The van der Waals surface area contributed by atoms with E-state index in [9.17, 15) is 4.79 Å². The number of amides is 1. The number of carbonyl (C=O) groups is 1. The maximum Gasteiger partial charge on any atom is 0.257 e. The number of hydrogen-bond acceptors (Lipinski definition) is 5. The molecule has 0 fully saturated rings. The molecule has 1 amide bonds. The Hall–Kier alpha value is -3.20. The molecule has 2 aromatic heterocycles. The lowest BCUT2D eigenvalue weighted by Gasteiger charge is -2.04. The van der Waals surface area contributed by atoms with Gasteiger partial charge in [-0.1, -0.05) is 0 Å². The minimum absolute atomic E-state index is 0.321. The first-order chi connectivity index (χ1) is 9.76. The highest BCUT2D eigenvalue weighted by Crippen LogP contribution is 2.18. The van der Waals surface area contributed by atoms with Crippen LogP contribution in [-0.2, 0) is 0 Å². The van der Waals surface area contributed by atoms with Crippen molar-refractivity contribution in [2.75, 3.05) is 5.32 Å². The van der Waals surface area contributed by atoms with Crippen LogP contribution in [0.25, 0.3) is 11.1 Å². The molecule has 6 heteroatoms. The average Bonchev–Trinajstić information content (AvgIpc) is 2.95. The van der Waals surface area contributed by atoms with Crippen molar-refractivity contribution in [3.8, 4) is 6.07 Å². The summed E-state index contributed by atoms with van der Waals surface area (Å²) in [4.78, 5) is 19.9. The van der Waals surface area contributed by atoms with E-state index in [2.05, 4.69) is 15.3 Å². The van der Waals surface area contributed by atoms with Crippen LogP contribution in [-0.4, -0.2) is 15.9 Å². The fourth-order valence-corrected chi connectivity index (χ4v) is 1.76. The minimum atomic E-state index is -0.339. The minimum Gasteiger partial charge on any atom is -0.443 e. The number of hydrogen-bond donors (Lipinski definition) is 1. The van der Waals surface area contributed by atoms with Crippen molar-refractivity contribution in [2.24, 2.45) is 0 Å². The van der Waals surface area contributed by atoms with Gasteiger partial charge in [0.1, 0.15) is 11.6 Å². The molecular weight excluding hydrogens is 256 g/mol. The highest BCUT2D eigenvalue weighted by molar-refractivity contribution is 6.04. The molecule has 3 rings (SSSR count). The Morgan fingerprint density at radius 3 is 3.05 bits per heavy atom. The predicted molar refractivity (Wildman–Crippen MR) is 70.9 cm³/mol. The highest BCUT2D eigenvalue weighted by Gasteiger charge is 2.08. The summed E-state index contributed by atoms with van der Waals surface area (Å²) < 4.78 is 5.16. The maximum atomic E-state index is 12.0. The molecule has 0 atom stereocenters. The van der Waals surface area contributed by atoms with E-state index in [0.717, 1.165) is 5.52 Å². The Morgan fingerprint density at radius 2 is 2.20 bits per heavy atom. The van der Waals surface area contributed by atoms with E-state index < -0.39 is 0 Å². The summed E-state index contributed by atoms with van der Waals surface area (Å²) in [7, 11) is 0. The van der Waals surface area contributed by atoms with E-state index in [1.165, 1.54) is 24.9 Å². The first-order valence-electron chi connectivity index (χ1n) is 5.76. The van der Waals surface area contributed by atoms with Crippen LogP contribution in [0, 0.1) is 11.3 Å². The van der Waals surface area contributed by atoms with Gasteiger partial charge in [-0.15, -0.1) is 0 Å². The van der Waals surface area contributed by atoms with Crippen molar-refractivity contribution in [1.82, 2.24) is 9.97 Å². The zero-order valence-electron chi connectivity index (χ0n) is 10.2. The van der Waals surface area contributed by atoms with Crippen molar-refractivity contribution >= 4 is 22.7 Å². The molecule has 20 heavy (non-hydrogen) atoms. The zero-order valence-corrected chi connectivity index (χ0v) is 10.2. The molecule has 96 valence electrons. The topological polar surface area (TPSA) is 91.8 Å². The fourth-order valence-electron chi connectivity index (χ4n) is 1.76. The molecule has 0 saturated heterocycles. The summed E-state index contributed by atoms with van der Waals surface area (Å²) in [6.45, 7) is 0. The molecule has 0 spiro atoms. The number of aromatic nitrogens is 2. The largest absolute Gasteiger partial charge is 0.443 e. The van der Waals surface area contributed by atoms with Crippen LogP contribution in [0.15, 0.2) is 47.5 Å². The molecule has 2 heterocycles. The second-order valence-electron chi connectivity index (χ2n) is 4.06. The smallest absolute Gasteiger partial charge is 0.257 e. The lowest BCUT2D eigenvalue weighted by atomic mass is 10.2. The zero-order chi connectivity index (χ0) is 13.9. The van der Waals surface area contributed by atoms with E-state index in [0.29, 0.717) is 22.4 Å². The number of nitrogens with one attached hydrogen (secondary N) is 1. The van der Waals surface area contributed by atoms with Gasteiger partial charge in [0.15, 0.2) is 12.0 Å². The van der Waals surface area contributed by atoms with Crippen LogP contribution in [0.4, 0.5) is 5.69 Å². The van der Waals surface area contributed by atoms with Crippen LogP contribution < -0.4 is 5.32 Å². The molecule has 1 aromatic carbocycles. The van der Waals surface area contributed by atoms with Gasteiger partial charge in [-0.05, 0) is 18.2 Å². The van der Waals surface area contributed by atoms with Crippen LogP contribution in [0.1, 0.15) is 15.9 Å². The van der Waals surface area contributed by atoms with Gasteiger partial charge in [0.25, 0.3) is 5.91 Å². The number of rotatable bonds is 2. The Labute approximate surface area is 113 Å². The molecule has 0 radical (unpaired) electrons. The van der Waals surface area contributed by atoms with Crippen molar-refractivity contribution in [3.05, 3.63) is 54.2 Å². The number of pyridine rings is 1. The van der Waals surface area contributed by atoms with Crippen LogP contribution >= 0.6 is 0 Å². The number of nitrogens with zero attached hydrogens (tertiary/aromatic N) is 3. The normalized spacial score (nSPS) is 10.2. The first kappa shape index (κ1) is 11.9. The highest BCUT2D eigenvalue weighted by atomic mass is 16.3. The van der Waals surface area contributed by atoms with Crippen molar-refractivity contribution < 1.29 is 9.21 Å². The Balaban J connectivity index is 1.86. The summed E-state index contributed by atoms with van der Waals surface area (Å²) in [6.07, 6.45) is 4.15. The van der Waals surface area contributed by atoms with Crippen molar-refractivity contribution in [3.63, 3.8) is 0 Å². The summed E-state index contributed by atoms with van der Waals surface area (Å²) in [5.41, 5.74) is 2.55. The number of oxazole rings is 1. The van der Waals surface area contributed by atoms with Crippen LogP contribution in [0.2, 0.25) is 0 Å². The Kier molecular flexibility index (Phi) is 2.86. The average molecular weight is 264 g/mol. The van der Waals surface area contributed by atoms with Gasteiger partial charge in [0.2, 0.25) is 0 Å². The van der Waals surface area contributed by atoms with Crippen LogP contribution in [0.3, 0.4) is 0 Å². The van der Waals surface area contributed by atoms with Gasteiger partial charge in [-0.3, -0.25) is 9.78 Å². The van der Waals surface area contributed by atoms with E-state index >= 15 is 0 Å². The lowest BCUT2D eigenvalue weighted by molar-refractivity contribution is 0.102. The molecule has 0 aliphatic rings. The lowest BCUT2D eigenvalue weighted by Crippen LogP contribution is -2.12. The molecule has 0 unspecified atom stereocenters. The monoisotopic (exact) mass is 264 g/mol. The van der Waals surface area contributed by atoms with Crippen molar-refractivity contribution in [2.45, 2.75) is 0 Å². The maximum absolute atomic E-state index is 12.0. The number of carbonyl (C=O) groups excluding carboxylic acids is 1. The molecule has 1 N–H and O–H groups in total. The summed E-state index contributed by atoms with van der Waals surface area (Å²) in [6, 6.07) is 8.58. The van der Waals surface area contributed by atoms with Crippen LogP contribution in [0.5, 0.6) is 0 Å². The standard InChI is InChI=1S/C14H8N4O2/c15-5-9-3-10(7-16-6-9)14(19)18-11-1-2-12-13(4-11)20-8-17-12/h1-4,6-8H,(H,18,19). The fraction of sp³-hybridized carbons (Fsp3) is 0. The summed E-state index contributed by atoms with van der Waals surface area (Å²) in [5.74, 6) is -0.339. The summed E-state index contributed by atoms with van der Waals surface area (Å²) in [5, 5.41) is 11.5. The number of nitriles is 1. The second-order valence-corrected chi connectivity index (χ2v) is 4.06. The quantitative estimate of drug-likeness (QED) is 0.767. The number of fused-ring (bicyclic) bond motifs is 1. The van der Waals surface area contributed by atoms with Gasteiger partial charge in [0.05, 0.1) is 11.1 Å². The molecule has 0 bridgehead atoms. The Morgan fingerprint density at radius 1 is 1.30 bits per heavy atom. The summed E-state index contributed by atoms with van der Waals surface area (Å²) >= 11 is 0. The third-order valence-electron chi connectivity index (χ3n) is 2.72. The predicted octanol–water partition coefficient (Wildman–Crippen LogP) is 2.35. The van der Waals surface area contributed by atoms with E-state index in [-0.39, 0.29) is 5.91 Å². The second kappa shape index (κ2) is 4.82. The molecule has 3 aromatic rings. The number of anilines is 1. The van der Waals surface area contributed by atoms with E-state index in [1.54, 1.807) is 18.2 Å². The first-order valence-corrected chi connectivity index (χ1v) is 5.76. The van der Waals surface area contributed by atoms with Gasteiger partial charge in [0, 0.05) is 24.1 Å². The van der Waals surface area contributed by atoms with E-state index in [4.69, 9.17) is 9.68 Å². The van der Waals surface area contributed by atoms with Gasteiger partial charge in [-0.2, -0.15) is 5.26 Å². The molecule has 0 aliphatic heterocycles. The third kappa shape index (κ3) is 2.20. The molecule has 0 aliphatic carbocycles. The number of benzene rings is 1. The molecule has 0 saturated carbocycles. The molecule has 6 nitrogen and oxygen atoms in total. The van der Waals surface area contributed by atoms with Crippen molar-refractivity contribution in [1.29, 1.82) is 5.26 Å². The van der Waals surface area contributed by atoms with Gasteiger partial charge < -0.3 is 9.73 Å². The Bertz CT molecular complexity index is 832. The van der Waals surface area contributed by atoms with Gasteiger partial charge >= 0.3 is 0 Å². The van der Waals surface area contributed by atoms with Gasteiger partial charge in [-0.25, -0.2) is 4.98 Å². The molecular formula is C14H8N4O2.